The van der Waals surface area contributed by atoms with Crippen LogP contribution in [0.3, 0.4) is 0 Å². The van der Waals surface area contributed by atoms with Crippen molar-refractivity contribution in [3.05, 3.63) is 72.7 Å². The summed E-state index contributed by atoms with van der Waals surface area (Å²) in [5, 5.41) is 4.40. The SMILES string of the molecule is FC(F)(F)c1ccc(-c2cc(Oc3ccc4c(N5CCNCC5)ccnc4c3)ncn2)cc1. The van der Waals surface area contributed by atoms with Gasteiger partial charge in [-0.05, 0) is 30.3 Å². The predicted octanol–water partition coefficient (Wildman–Crippen LogP) is 4.91. The van der Waals surface area contributed by atoms with E-state index in [9.17, 15) is 13.2 Å². The van der Waals surface area contributed by atoms with E-state index in [1.54, 1.807) is 12.3 Å². The van der Waals surface area contributed by atoms with Crippen LogP contribution in [0, 0.1) is 0 Å². The van der Waals surface area contributed by atoms with Gasteiger partial charge in [-0.25, -0.2) is 9.97 Å². The Bertz CT molecular complexity index is 1270. The Morgan fingerprint density at radius 1 is 0.879 bits per heavy atom. The minimum atomic E-state index is -4.38. The molecule has 9 heteroatoms. The fourth-order valence-electron chi connectivity index (χ4n) is 3.86. The van der Waals surface area contributed by atoms with Crippen LogP contribution in [0.25, 0.3) is 22.2 Å². The first kappa shape index (κ1) is 21.1. The van der Waals surface area contributed by atoms with Gasteiger partial charge in [0.05, 0.1) is 16.8 Å². The maximum atomic E-state index is 12.8. The number of hydrogen-bond acceptors (Lipinski definition) is 6. The largest absolute Gasteiger partial charge is 0.439 e. The molecule has 0 bridgehead atoms. The molecule has 1 aliphatic rings. The highest BCUT2D eigenvalue weighted by atomic mass is 19.4. The Morgan fingerprint density at radius 2 is 1.67 bits per heavy atom. The first-order valence-corrected chi connectivity index (χ1v) is 10.5. The van der Waals surface area contributed by atoms with E-state index in [0.29, 0.717) is 17.0 Å². The Kier molecular flexibility index (Phi) is 5.55. The van der Waals surface area contributed by atoms with Crippen LogP contribution in [0.15, 0.2) is 67.1 Å². The quantitative estimate of drug-likeness (QED) is 0.476. The van der Waals surface area contributed by atoms with E-state index in [2.05, 4.69) is 25.2 Å². The van der Waals surface area contributed by atoms with E-state index in [-0.39, 0.29) is 5.88 Å². The molecule has 0 radical (unpaired) electrons. The molecule has 1 saturated heterocycles. The van der Waals surface area contributed by atoms with Gasteiger partial charge in [-0.3, -0.25) is 4.98 Å². The minimum Gasteiger partial charge on any atom is -0.439 e. The number of halogens is 3. The number of hydrogen-bond donors (Lipinski definition) is 1. The van der Waals surface area contributed by atoms with Gasteiger partial charge in [-0.1, -0.05) is 12.1 Å². The summed E-state index contributed by atoms with van der Waals surface area (Å²) in [6.07, 6.45) is -1.27. The molecule has 33 heavy (non-hydrogen) atoms. The average molecular weight is 451 g/mol. The average Bonchev–Trinajstić information content (AvgIpc) is 2.84. The molecule has 1 N–H and O–H groups in total. The number of alkyl halides is 3. The Labute approximate surface area is 188 Å². The van der Waals surface area contributed by atoms with Crippen LogP contribution in [-0.2, 0) is 6.18 Å². The van der Waals surface area contributed by atoms with Crippen LogP contribution in [0.4, 0.5) is 18.9 Å². The number of nitrogens with one attached hydrogen (secondary N) is 1. The lowest BCUT2D eigenvalue weighted by atomic mass is 10.1. The summed E-state index contributed by atoms with van der Waals surface area (Å²) in [7, 11) is 0. The number of nitrogens with zero attached hydrogens (tertiary/aromatic N) is 4. The molecule has 0 saturated carbocycles. The Morgan fingerprint density at radius 3 is 2.42 bits per heavy atom. The van der Waals surface area contributed by atoms with Gasteiger partial charge in [-0.15, -0.1) is 0 Å². The number of piperazine rings is 1. The lowest BCUT2D eigenvalue weighted by Gasteiger charge is -2.30. The molecule has 0 spiro atoms. The van der Waals surface area contributed by atoms with Gasteiger partial charge in [0.15, 0.2) is 0 Å². The van der Waals surface area contributed by atoms with Gasteiger partial charge in [0, 0.05) is 61.1 Å². The minimum absolute atomic E-state index is 0.289. The highest BCUT2D eigenvalue weighted by Crippen LogP contribution is 2.32. The van der Waals surface area contributed by atoms with Gasteiger partial charge < -0.3 is 15.0 Å². The third-order valence-electron chi connectivity index (χ3n) is 5.52. The molecule has 0 aliphatic carbocycles. The third kappa shape index (κ3) is 4.58. The molecular formula is C24H20F3N5O. The van der Waals surface area contributed by atoms with Crippen LogP contribution in [0.2, 0.25) is 0 Å². The second-order valence-electron chi connectivity index (χ2n) is 7.66. The molecule has 2 aromatic heterocycles. The van der Waals surface area contributed by atoms with Gasteiger partial charge in [0.1, 0.15) is 12.1 Å². The maximum Gasteiger partial charge on any atom is 0.416 e. The van der Waals surface area contributed by atoms with Crippen molar-refractivity contribution < 1.29 is 17.9 Å². The third-order valence-corrected chi connectivity index (χ3v) is 5.52. The second kappa shape index (κ2) is 8.67. The highest BCUT2D eigenvalue weighted by Gasteiger charge is 2.30. The summed E-state index contributed by atoms with van der Waals surface area (Å²) in [5.41, 5.74) is 2.24. The first-order chi connectivity index (χ1) is 16.0. The maximum absolute atomic E-state index is 12.8. The van der Waals surface area contributed by atoms with Crippen molar-refractivity contribution in [2.24, 2.45) is 0 Å². The molecule has 5 rings (SSSR count). The van der Waals surface area contributed by atoms with Crippen LogP contribution in [0.1, 0.15) is 5.56 Å². The van der Waals surface area contributed by atoms with E-state index < -0.39 is 11.7 Å². The van der Waals surface area contributed by atoms with Gasteiger partial charge in [0.2, 0.25) is 5.88 Å². The molecular weight excluding hydrogens is 431 g/mol. The lowest BCUT2D eigenvalue weighted by Crippen LogP contribution is -2.43. The van der Waals surface area contributed by atoms with Crippen LogP contribution >= 0.6 is 0 Å². The molecule has 3 heterocycles. The van der Waals surface area contributed by atoms with Crippen molar-refractivity contribution in [3.63, 3.8) is 0 Å². The number of ether oxygens (including phenoxy) is 1. The normalized spacial score (nSPS) is 14.5. The molecule has 4 aromatic rings. The molecule has 168 valence electrons. The molecule has 1 fully saturated rings. The van der Waals surface area contributed by atoms with Crippen LogP contribution in [0.5, 0.6) is 11.6 Å². The molecule has 0 unspecified atom stereocenters. The zero-order valence-corrected chi connectivity index (χ0v) is 17.5. The summed E-state index contributed by atoms with van der Waals surface area (Å²) in [5.74, 6) is 0.849. The van der Waals surface area contributed by atoms with Crippen molar-refractivity contribution in [1.82, 2.24) is 20.3 Å². The summed E-state index contributed by atoms with van der Waals surface area (Å²) < 4.78 is 44.4. The highest BCUT2D eigenvalue weighted by molar-refractivity contribution is 5.92. The summed E-state index contributed by atoms with van der Waals surface area (Å²) >= 11 is 0. The second-order valence-corrected chi connectivity index (χ2v) is 7.66. The molecule has 0 atom stereocenters. The number of fused-ring (bicyclic) bond motifs is 1. The van der Waals surface area contributed by atoms with Crippen molar-refractivity contribution in [2.45, 2.75) is 6.18 Å². The van der Waals surface area contributed by atoms with Crippen molar-refractivity contribution in [1.29, 1.82) is 0 Å². The van der Waals surface area contributed by atoms with Crippen molar-refractivity contribution in [2.75, 3.05) is 31.1 Å². The smallest absolute Gasteiger partial charge is 0.416 e. The standard InChI is InChI=1S/C24H20F3N5O/c25-24(26,27)17-3-1-16(2-4-17)20-14-23(31-15-30-20)33-18-5-6-19-21(13-18)29-8-7-22(19)32-11-9-28-10-12-32/h1-8,13-15,28H,9-12H2. The first-order valence-electron chi connectivity index (χ1n) is 10.5. The summed E-state index contributed by atoms with van der Waals surface area (Å²) in [6.45, 7) is 3.76. The Hall–Kier alpha value is -3.72. The summed E-state index contributed by atoms with van der Waals surface area (Å²) in [6, 6.07) is 14.1. The van der Waals surface area contributed by atoms with Crippen LogP contribution in [-0.4, -0.2) is 41.1 Å². The van der Waals surface area contributed by atoms with E-state index in [0.717, 1.165) is 54.9 Å². The number of benzene rings is 2. The van der Waals surface area contributed by atoms with Crippen LogP contribution < -0.4 is 15.0 Å². The predicted molar refractivity (Wildman–Crippen MR) is 119 cm³/mol. The number of pyridine rings is 1. The zero-order chi connectivity index (χ0) is 22.8. The number of aromatic nitrogens is 3. The molecule has 1 aliphatic heterocycles. The van der Waals surface area contributed by atoms with Crippen molar-refractivity contribution >= 4 is 16.6 Å². The van der Waals surface area contributed by atoms with E-state index in [1.807, 2.05) is 24.3 Å². The van der Waals surface area contributed by atoms with E-state index in [1.165, 1.54) is 18.5 Å². The summed E-state index contributed by atoms with van der Waals surface area (Å²) in [4.78, 5) is 15.1. The topological polar surface area (TPSA) is 63.2 Å². The van der Waals surface area contributed by atoms with E-state index >= 15 is 0 Å². The monoisotopic (exact) mass is 451 g/mol. The van der Waals surface area contributed by atoms with Crippen molar-refractivity contribution in [3.8, 4) is 22.9 Å². The van der Waals surface area contributed by atoms with Gasteiger partial charge in [0.25, 0.3) is 0 Å². The van der Waals surface area contributed by atoms with Gasteiger partial charge in [-0.2, -0.15) is 13.2 Å². The zero-order valence-electron chi connectivity index (χ0n) is 17.5. The molecule has 6 nitrogen and oxygen atoms in total. The van der Waals surface area contributed by atoms with Gasteiger partial charge >= 0.3 is 6.18 Å². The molecule has 0 amide bonds. The Balaban J connectivity index is 1.39. The molecule has 2 aromatic carbocycles. The fourth-order valence-corrected chi connectivity index (χ4v) is 3.86. The lowest BCUT2D eigenvalue weighted by molar-refractivity contribution is -0.137. The fraction of sp³-hybridized carbons (Fsp3) is 0.208. The number of rotatable bonds is 4. The number of anilines is 1. The van der Waals surface area contributed by atoms with E-state index in [4.69, 9.17) is 4.74 Å².